The van der Waals surface area contributed by atoms with Gasteiger partial charge in [-0.3, -0.25) is 9.78 Å². The number of amides is 1. The molecule has 1 N–H and O–H groups in total. The van der Waals surface area contributed by atoms with Gasteiger partial charge in [0, 0.05) is 23.0 Å². The first kappa shape index (κ1) is 26.5. The van der Waals surface area contributed by atoms with Gasteiger partial charge in [-0.2, -0.15) is 4.39 Å². The number of nitrogens with one attached hydrogen (secondary N) is 1. The quantitative estimate of drug-likeness (QED) is 0.163. The average molecular weight is 470 g/mol. The van der Waals surface area contributed by atoms with Crippen LogP contribution >= 0.6 is 11.6 Å². The van der Waals surface area contributed by atoms with Gasteiger partial charge in [0.05, 0.1) is 11.4 Å². The van der Waals surface area contributed by atoms with Crippen molar-refractivity contribution in [3.8, 4) is 11.3 Å². The first-order chi connectivity index (χ1) is 15.8. The number of aromatic nitrogens is 1. The molecule has 1 amide bonds. The smallest absolute Gasteiger partial charge is 0.212 e. The maximum atomic E-state index is 14.1. The second kappa shape index (κ2) is 12.4. The fraction of sp³-hybridized carbons (Fsp3) is 0.370. The van der Waals surface area contributed by atoms with Crippen LogP contribution in [0.4, 0.5) is 4.39 Å². The molecule has 2 atom stereocenters. The SMILES string of the molecule is C=N/C(F)=C\C(=C/CC)C(CNC=O)c1cc(C(C)CC)c(C)c(-c2cccc(Cl)c2C)n1. The summed E-state index contributed by atoms with van der Waals surface area (Å²) >= 11 is 6.43. The van der Waals surface area contributed by atoms with E-state index in [1.165, 1.54) is 11.6 Å². The third-order valence-corrected chi connectivity index (χ3v) is 6.45. The molecule has 0 saturated heterocycles. The fourth-order valence-electron chi connectivity index (χ4n) is 3.97. The van der Waals surface area contributed by atoms with Crippen molar-refractivity contribution >= 4 is 24.7 Å². The van der Waals surface area contributed by atoms with Gasteiger partial charge >= 0.3 is 0 Å². The average Bonchev–Trinajstić information content (AvgIpc) is 2.81. The summed E-state index contributed by atoms with van der Waals surface area (Å²) in [5.41, 5.74) is 6.48. The summed E-state index contributed by atoms with van der Waals surface area (Å²) in [5.74, 6) is -0.735. The second-order valence-electron chi connectivity index (χ2n) is 8.15. The Morgan fingerprint density at radius 1 is 1.30 bits per heavy atom. The minimum Gasteiger partial charge on any atom is -0.358 e. The zero-order valence-electron chi connectivity index (χ0n) is 20.1. The molecule has 1 aromatic heterocycles. The Hall–Kier alpha value is -2.79. The lowest BCUT2D eigenvalue weighted by Crippen LogP contribution is -2.23. The van der Waals surface area contributed by atoms with Crippen molar-refractivity contribution in [1.82, 2.24) is 10.3 Å². The maximum absolute atomic E-state index is 14.1. The zero-order valence-corrected chi connectivity index (χ0v) is 20.8. The minimum atomic E-state index is -0.675. The largest absolute Gasteiger partial charge is 0.358 e. The Bertz CT molecular complexity index is 1060. The van der Waals surface area contributed by atoms with Crippen molar-refractivity contribution in [2.75, 3.05) is 6.54 Å². The summed E-state index contributed by atoms with van der Waals surface area (Å²) in [6.07, 6.45) is 5.59. The third-order valence-electron chi connectivity index (χ3n) is 6.04. The molecule has 0 fully saturated rings. The van der Waals surface area contributed by atoms with E-state index in [1.807, 2.05) is 38.1 Å². The summed E-state index contributed by atoms with van der Waals surface area (Å²) in [5, 5.41) is 3.43. The molecule has 6 heteroatoms. The highest BCUT2D eigenvalue weighted by molar-refractivity contribution is 6.31. The molecule has 0 aliphatic rings. The summed E-state index contributed by atoms with van der Waals surface area (Å²) in [7, 11) is 0. The topological polar surface area (TPSA) is 54.4 Å². The third kappa shape index (κ3) is 6.38. The van der Waals surface area contributed by atoms with Crippen LogP contribution in [-0.2, 0) is 4.79 Å². The van der Waals surface area contributed by atoms with E-state index >= 15 is 0 Å². The van der Waals surface area contributed by atoms with Crippen LogP contribution in [0, 0.1) is 13.8 Å². The van der Waals surface area contributed by atoms with Crippen LogP contribution < -0.4 is 5.32 Å². The van der Waals surface area contributed by atoms with Crippen molar-refractivity contribution in [1.29, 1.82) is 0 Å². The predicted octanol–water partition coefficient (Wildman–Crippen LogP) is 7.21. The van der Waals surface area contributed by atoms with E-state index in [0.29, 0.717) is 29.3 Å². The minimum absolute atomic E-state index is 0.278. The molecule has 176 valence electrons. The predicted molar refractivity (Wildman–Crippen MR) is 137 cm³/mol. The van der Waals surface area contributed by atoms with Crippen LogP contribution in [0.25, 0.3) is 11.3 Å². The Morgan fingerprint density at radius 3 is 2.64 bits per heavy atom. The molecule has 2 aromatic rings. The van der Waals surface area contributed by atoms with E-state index in [-0.39, 0.29) is 12.5 Å². The molecular weight excluding hydrogens is 437 g/mol. The number of pyridine rings is 1. The van der Waals surface area contributed by atoms with Crippen molar-refractivity contribution in [2.45, 2.75) is 59.3 Å². The van der Waals surface area contributed by atoms with E-state index < -0.39 is 5.95 Å². The molecule has 0 aliphatic heterocycles. The second-order valence-corrected chi connectivity index (χ2v) is 8.56. The number of allylic oxidation sites excluding steroid dienone is 2. The number of halogens is 2. The Balaban J connectivity index is 2.85. The number of nitrogens with zero attached hydrogens (tertiary/aromatic N) is 2. The summed E-state index contributed by atoms with van der Waals surface area (Å²) in [6.45, 7) is 13.9. The van der Waals surface area contributed by atoms with Gasteiger partial charge in [-0.05, 0) is 79.8 Å². The van der Waals surface area contributed by atoms with Crippen molar-refractivity contribution in [3.05, 3.63) is 75.3 Å². The Labute approximate surface area is 201 Å². The van der Waals surface area contributed by atoms with Gasteiger partial charge in [0.1, 0.15) is 0 Å². The summed E-state index contributed by atoms with van der Waals surface area (Å²) in [6, 6.07) is 7.89. The molecule has 1 aromatic carbocycles. The lowest BCUT2D eigenvalue weighted by atomic mass is 9.86. The molecule has 0 spiro atoms. The standard InChI is InChI=1S/C27H33ClFN3O/c1-7-10-20(13-26(29)30-6)23(15-31-16-33)25-14-22(17(3)8-2)19(5)27(32-25)21-11-9-12-24(28)18(21)4/h9-14,16-17,23H,6-8,15H2,1-5H3,(H,31,33)/b20-10+,26-13-. The summed E-state index contributed by atoms with van der Waals surface area (Å²) in [4.78, 5) is 19.6. The molecule has 1 heterocycles. The molecule has 0 bridgehead atoms. The number of aliphatic imine (C=N–C) groups is 1. The molecule has 4 nitrogen and oxygen atoms in total. The highest BCUT2D eigenvalue weighted by Crippen LogP contribution is 2.37. The molecule has 0 aliphatic carbocycles. The molecule has 2 unspecified atom stereocenters. The van der Waals surface area contributed by atoms with E-state index in [2.05, 4.69) is 43.9 Å². The maximum Gasteiger partial charge on any atom is 0.212 e. The van der Waals surface area contributed by atoms with Gasteiger partial charge in [0.25, 0.3) is 0 Å². The molecule has 0 radical (unpaired) electrons. The monoisotopic (exact) mass is 469 g/mol. The van der Waals surface area contributed by atoms with Crippen LogP contribution in [0.2, 0.25) is 5.02 Å². The van der Waals surface area contributed by atoms with Crippen molar-refractivity contribution in [2.24, 2.45) is 4.99 Å². The van der Waals surface area contributed by atoms with E-state index in [0.717, 1.165) is 34.5 Å². The number of rotatable bonds is 11. The van der Waals surface area contributed by atoms with E-state index in [4.69, 9.17) is 16.6 Å². The first-order valence-electron chi connectivity index (χ1n) is 11.3. The van der Waals surface area contributed by atoms with Crippen LogP contribution in [0.3, 0.4) is 0 Å². The van der Waals surface area contributed by atoms with Gasteiger partial charge in [0.2, 0.25) is 12.4 Å². The number of hydrogen-bond donors (Lipinski definition) is 1. The van der Waals surface area contributed by atoms with Gasteiger partial charge in [0.15, 0.2) is 0 Å². The van der Waals surface area contributed by atoms with Crippen LogP contribution in [-0.4, -0.2) is 24.7 Å². The highest BCUT2D eigenvalue weighted by Gasteiger charge is 2.23. The van der Waals surface area contributed by atoms with Gasteiger partial charge in [-0.1, -0.05) is 50.6 Å². The van der Waals surface area contributed by atoms with E-state index in [9.17, 15) is 9.18 Å². The number of carbonyl (C=O) groups is 1. The first-order valence-corrected chi connectivity index (χ1v) is 11.6. The van der Waals surface area contributed by atoms with Gasteiger partial charge in [-0.25, -0.2) is 4.99 Å². The molecule has 33 heavy (non-hydrogen) atoms. The van der Waals surface area contributed by atoms with E-state index in [1.54, 1.807) is 0 Å². The highest BCUT2D eigenvalue weighted by atomic mass is 35.5. The van der Waals surface area contributed by atoms with Gasteiger partial charge in [-0.15, -0.1) is 0 Å². The van der Waals surface area contributed by atoms with Crippen LogP contribution in [0.1, 0.15) is 67.8 Å². The Morgan fingerprint density at radius 2 is 2.03 bits per heavy atom. The fourth-order valence-corrected chi connectivity index (χ4v) is 4.14. The zero-order chi connectivity index (χ0) is 24.5. The lowest BCUT2D eigenvalue weighted by molar-refractivity contribution is -0.109. The number of hydrogen-bond acceptors (Lipinski definition) is 3. The molecule has 2 rings (SSSR count). The Kier molecular flexibility index (Phi) is 9.98. The number of benzene rings is 1. The summed E-state index contributed by atoms with van der Waals surface area (Å²) < 4.78 is 14.1. The molecular formula is C27H33ClFN3O. The van der Waals surface area contributed by atoms with Crippen LogP contribution in [0.15, 0.2) is 52.9 Å². The van der Waals surface area contributed by atoms with Crippen LogP contribution in [0.5, 0.6) is 0 Å². The molecule has 0 saturated carbocycles. The van der Waals surface area contributed by atoms with Crippen molar-refractivity contribution in [3.63, 3.8) is 0 Å². The van der Waals surface area contributed by atoms with Crippen molar-refractivity contribution < 1.29 is 9.18 Å². The number of carbonyl (C=O) groups excluding carboxylic acids is 1. The normalized spacial score (nSPS) is 14.0. The lowest BCUT2D eigenvalue weighted by Gasteiger charge is -2.24. The van der Waals surface area contributed by atoms with Gasteiger partial charge < -0.3 is 5.32 Å².